The number of hydrogen-bond donors (Lipinski definition) is 1. The van der Waals surface area contributed by atoms with Crippen LogP contribution in [0.5, 0.6) is 0 Å². The second-order valence-electron chi connectivity index (χ2n) is 7.28. The number of hydrazone groups is 1. The smallest absolute Gasteiger partial charge is 0.317 e. The summed E-state index contributed by atoms with van der Waals surface area (Å²) in [6, 6.07) is 10.9. The molecule has 1 N–H and O–H groups in total. The fraction of sp³-hybridized carbons (Fsp3) is 0.348. The number of urea groups is 1. The molecule has 0 spiro atoms. The molecule has 7 nitrogen and oxygen atoms in total. The molecule has 0 bridgehead atoms. The molecule has 1 aliphatic heterocycles. The summed E-state index contributed by atoms with van der Waals surface area (Å²) < 4.78 is 33.0. The van der Waals surface area contributed by atoms with Crippen molar-refractivity contribution in [3.63, 3.8) is 0 Å². The first-order valence-corrected chi connectivity index (χ1v) is 10.4. The molecule has 0 unspecified atom stereocenters. The number of rotatable bonds is 8. The number of amides is 3. The minimum Gasteiger partial charge on any atom is -0.383 e. The lowest BCUT2D eigenvalue weighted by atomic mass is 9.98. The van der Waals surface area contributed by atoms with Crippen LogP contribution in [0, 0.1) is 11.6 Å². The Morgan fingerprint density at radius 3 is 2.56 bits per heavy atom. The first-order valence-electron chi connectivity index (χ1n) is 10.4. The molecule has 1 atom stereocenters. The fourth-order valence-electron chi connectivity index (χ4n) is 3.50. The number of halogens is 2. The van der Waals surface area contributed by atoms with Crippen LogP contribution in [-0.4, -0.2) is 60.9 Å². The van der Waals surface area contributed by atoms with Gasteiger partial charge in [0.25, 0.3) is 5.91 Å². The van der Waals surface area contributed by atoms with Gasteiger partial charge in [0, 0.05) is 32.2 Å². The zero-order valence-corrected chi connectivity index (χ0v) is 18.1. The molecule has 2 aromatic rings. The van der Waals surface area contributed by atoms with Crippen LogP contribution in [0.25, 0.3) is 0 Å². The van der Waals surface area contributed by atoms with Crippen molar-refractivity contribution in [1.29, 1.82) is 0 Å². The van der Waals surface area contributed by atoms with Gasteiger partial charge in [-0.25, -0.2) is 18.6 Å². The van der Waals surface area contributed by atoms with Gasteiger partial charge >= 0.3 is 6.03 Å². The van der Waals surface area contributed by atoms with Crippen LogP contribution in [0.4, 0.5) is 13.6 Å². The molecule has 2 aromatic carbocycles. The Bertz CT molecular complexity index is 981. The predicted molar refractivity (Wildman–Crippen MR) is 116 cm³/mol. The van der Waals surface area contributed by atoms with E-state index in [1.165, 1.54) is 35.2 Å². The third-order valence-electron chi connectivity index (χ3n) is 5.11. The van der Waals surface area contributed by atoms with E-state index in [0.717, 1.165) is 0 Å². The lowest BCUT2D eigenvalue weighted by Gasteiger charge is -2.27. The van der Waals surface area contributed by atoms with E-state index in [4.69, 9.17) is 4.74 Å². The maximum atomic E-state index is 14.6. The van der Waals surface area contributed by atoms with Crippen LogP contribution >= 0.6 is 0 Å². The van der Waals surface area contributed by atoms with Crippen LogP contribution < -0.4 is 5.32 Å². The van der Waals surface area contributed by atoms with E-state index in [1.54, 1.807) is 37.3 Å². The van der Waals surface area contributed by atoms with E-state index >= 15 is 0 Å². The van der Waals surface area contributed by atoms with Crippen molar-refractivity contribution >= 4 is 17.6 Å². The zero-order valence-electron chi connectivity index (χ0n) is 18.1. The Kier molecular flexibility index (Phi) is 7.88. The normalized spacial score (nSPS) is 15.4. The van der Waals surface area contributed by atoms with E-state index < -0.39 is 23.8 Å². The molecule has 3 amide bonds. The standard InChI is InChI=1S/C23H26F2N4O3/c1-3-26-23(31)28(12-13-32-2)15-22(30)29-21(18-6-4-5-7-19(18)25)14-20(27-29)16-8-10-17(24)11-9-16/h4-11,21H,3,12-15H2,1-2H3,(H,26,31)/t21-/m1/s1. The topological polar surface area (TPSA) is 74.2 Å². The largest absolute Gasteiger partial charge is 0.383 e. The number of nitrogens with one attached hydrogen (secondary N) is 1. The van der Waals surface area contributed by atoms with Crippen molar-refractivity contribution in [2.75, 3.05) is 33.4 Å². The van der Waals surface area contributed by atoms with Crippen molar-refractivity contribution in [3.8, 4) is 0 Å². The van der Waals surface area contributed by atoms with E-state index in [9.17, 15) is 18.4 Å². The molecule has 9 heteroatoms. The molecule has 3 rings (SSSR count). The molecule has 0 saturated carbocycles. The average Bonchev–Trinajstić information content (AvgIpc) is 3.22. The Hall–Kier alpha value is -3.33. The monoisotopic (exact) mass is 444 g/mol. The molecule has 0 radical (unpaired) electrons. The summed E-state index contributed by atoms with van der Waals surface area (Å²) in [5.74, 6) is -1.30. The quantitative estimate of drug-likeness (QED) is 0.679. The van der Waals surface area contributed by atoms with Gasteiger partial charge in [-0.2, -0.15) is 5.10 Å². The summed E-state index contributed by atoms with van der Waals surface area (Å²) >= 11 is 0. The highest BCUT2D eigenvalue weighted by molar-refractivity contribution is 6.03. The van der Waals surface area contributed by atoms with Crippen LogP contribution in [0.15, 0.2) is 53.6 Å². The van der Waals surface area contributed by atoms with Gasteiger partial charge in [-0.15, -0.1) is 0 Å². The van der Waals surface area contributed by atoms with E-state index in [1.807, 2.05) is 0 Å². The number of benzene rings is 2. The van der Waals surface area contributed by atoms with Gasteiger partial charge in [0.05, 0.1) is 18.4 Å². The van der Waals surface area contributed by atoms with Crippen molar-refractivity contribution < 1.29 is 23.1 Å². The molecule has 1 aliphatic rings. The maximum absolute atomic E-state index is 14.6. The van der Waals surface area contributed by atoms with Crippen LogP contribution in [0.3, 0.4) is 0 Å². The number of nitrogens with zero attached hydrogens (tertiary/aromatic N) is 3. The SMILES string of the molecule is CCNC(=O)N(CCOC)CC(=O)N1N=C(c2ccc(F)cc2)C[C@@H]1c1ccccc1F. The number of carbonyl (C=O) groups is 2. The highest BCUT2D eigenvalue weighted by atomic mass is 19.1. The molecule has 170 valence electrons. The Labute approximate surface area is 185 Å². The van der Waals surface area contributed by atoms with Crippen molar-refractivity contribution in [3.05, 3.63) is 71.3 Å². The summed E-state index contributed by atoms with van der Waals surface area (Å²) in [5.41, 5.74) is 1.50. The Morgan fingerprint density at radius 2 is 1.91 bits per heavy atom. The third-order valence-corrected chi connectivity index (χ3v) is 5.11. The van der Waals surface area contributed by atoms with Crippen molar-refractivity contribution in [1.82, 2.24) is 15.2 Å². The van der Waals surface area contributed by atoms with E-state index in [0.29, 0.717) is 23.4 Å². The number of methoxy groups -OCH3 is 1. The first kappa shape index (κ1) is 23.3. The van der Waals surface area contributed by atoms with E-state index in [-0.39, 0.29) is 31.9 Å². The highest BCUT2D eigenvalue weighted by Crippen LogP contribution is 2.34. The number of hydrogen-bond acceptors (Lipinski definition) is 4. The summed E-state index contributed by atoms with van der Waals surface area (Å²) in [5, 5.41) is 8.34. The molecular weight excluding hydrogens is 418 g/mol. The summed E-state index contributed by atoms with van der Waals surface area (Å²) in [6.45, 7) is 2.40. The van der Waals surface area contributed by atoms with Gasteiger partial charge < -0.3 is 15.0 Å². The van der Waals surface area contributed by atoms with Crippen LogP contribution in [-0.2, 0) is 9.53 Å². The van der Waals surface area contributed by atoms with Gasteiger partial charge in [-0.05, 0) is 30.7 Å². The zero-order chi connectivity index (χ0) is 23.1. The van der Waals surface area contributed by atoms with Gasteiger partial charge in [-0.1, -0.05) is 30.3 Å². The van der Waals surface area contributed by atoms with Crippen LogP contribution in [0.1, 0.15) is 30.5 Å². The molecule has 0 aromatic heterocycles. The maximum Gasteiger partial charge on any atom is 0.317 e. The minimum atomic E-state index is -0.678. The third kappa shape index (κ3) is 5.47. The van der Waals surface area contributed by atoms with Gasteiger partial charge in [0.15, 0.2) is 0 Å². The van der Waals surface area contributed by atoms with Crippen molar-refractivity contribution in [2.24, 2.45) is 5.10 Å². The second kappa shape index (κ2) is 10.8. The fourth-order valence-corrected chi connectivity index (χ4v) is 3.50. The van der Waals surface area contributed by atoms with E-state index in [2.05, 4.69) is 10.4 Å². The lowest BCUT2D eigenvalue weighted by molar-refractivity contribution is -0.133. The van der Waals surface area contributed by atoms with Gasteiger partial charge in [0.1, 0.15) is 18.2 Å². The van der Waals surface area contributed by atoms with Gasteiger partial charge in [-0.3, -0.25) is 4.79 Å². The number of carbonyl (C=O) groups excluding carboxylic acids is 2. The lowest BCUT2D eigenvalue weighted by Crippen LogP contribution is -2.47. The summed E-state index contributed by atoms with van der Waals surface area (Å²) in [7, 11) is 1.51. The van der Waals surface area contributed by atoms with Crippen LogP contribution in [0.2, 0.25) is 0 Å². The molecule has 0 saturated heterocycles. The number of ether oxygens (including phenoxy) is 1. The van der Waals surface area contributed by atoms with Gasteiger partial charge in [0.2, 0.25) is 0 Å². The molecule has 0 fully saturated rings. The summed E-state index contributed by atoms with van der Waals surface area (Å²) in [4.78, 5) is 26.9. The average molecular weight is 444 g/mol. The Morgan fingerprint density at radius 1 is 1.19 bits per heavy atom. The minimum absolute atomic E-state index is 0.209. The van der Waals surface area contributed by atoms with Crippen molar-refractivity contribution in [2.45, 2.75) is 19.4 Å². The summed E-state index contributed by atoms with van der Waals surface area (Å²) in [6.07, 6.45) is 0.261. The molecular formula is C23H26F2N4O3. The molecule has 1 heterocycles. The second-order valence-corrected chi connectivity index (χ2v) is 7.28. The first-order chi connectivity index (χ1) is 15.4. The highest BCUT2D eigenvalue weighted by Gasteiger charge is 2.35. The predicted octanol–water partition coefficient (Wildman–Crippen LogP) is 3.32. The Balaban J connectivity index is 1.90. The molecule has 0 aliphatic carbocycles. The molecule has 32 heavy (non-hydrogen) atoms.